The summed E-state index contributed by atoms with van der Waals surface area (Å²) in [5.41, 5.74) is 0.116. The van der Waals surface area contributed by atoms with Gasteiger partial charge in [0.1, 0.15) is 25.1 Å². The van der Waals surface area contributed by atoms with Gasteiger partial charge in [0, 0.05) is 18.5 Å². The molecule has 7 nitrogen and oxygen atoms in total. The summed E-state index contributed by atoms with van der Waals surface area (Å²) in [4.78, 5) is 15.0. The second-order valence-corrected chi connectivity index (χ2v) is 8.64. The Hall–Kier alpha value is -2.61. The standard InChI is InChI=1S/C24H29NO6/c1-23(2,27)15-29-19-10-9-17(13-20(19)28-3)22(26)25-12-11-24(18-7-5-4-6-8-18)21(14-25)30-16-31-24/h4-10,13,21,27H,11-12,14-16H2,1-3H3/t21?,24-/m0/s1. The second kappa shape index (κ2) is 8.49. The maximum absolute atomic E-state index is 13.2. The molecule has 0 bridgehead atoms. The molecular formula is C24H29NO6. The molecule has 1 unspecified atom stereocenters. The molecule has 31 heavy (non-hydrogen) atoms. The van der Waals surface area contributed by atoms with Crippen LogP contribution < -0.4 is 9.47 Å². The summed E-state index contributed by atoms with van der Waals surface area (Å²) < 4.78 is 23.0. The van der Waals surface area contributed by atoms with E-state index >= 15 is 0 Å². The number of likely N-dealkylation sites (tertiary alicyclic amines) is 1. The van der Waals surface area contributed by atoms with E-state index in [0.29, 0.717) is 36.6 Å². The van der Waals surface area contributed by atoms with E-state index in [1.54, 1.807) is 36.9 Å². The quantitative estimate of drug-likeness (QED) is 0.764. The SMILES string of the molecule is COc1cc(C(=O)N2CC[C@@]3(c4ccccc4)OCOC3C2)ccc1OCC(C)(C)O. The maximum Gasteiger partial charge on any atom is 0.254 e. The first kappa shape index (κ1) is 21.6. The summed E-state index contributed by atoms with van der Waals surface area (Å²) >= 11 is 0. The molecule has 166 valence electrons. The fourth-order valence-corrected chi connectivity index (χ4v) is 4.15. The Bertz CT molecular complexity index is 925. The molecule has 0 radical (unpaired) electrons. The van der Waals surface area contributed by atoms with E-state index in [1.807, 2.05) is 18.2 Å². The highest BCUT2D eigenvalue weighted by Gasteiger charge is 2.51. The van der Waals surface area contributed by atoms with E-state index in [4.69, 9.17) is 18.9 Å². The van der Waals surface area contributed by atoms with Gasteiger partial charge in [-0.25, -0.2) is 0 Å². The molecule has 2 saturated heterocycles. The Balaban J connectivity index is 1.49. The first-order valence-electron chi connectivity index (χ1n) is 10.5. The molecule has 0 aliphatic carbocycles. The molecule has 2 aliphatic heterocycles. The second-order valence-electron chi connectivity index (χ2n) is 8.64. The Morgan fingerprint density at radius 2 is 2.00 bits per heavy atom. The lowest BCUT2D eigenvalue weighted by atomic mass is 9.82. The number of carbonyl (C=O) groups excluding carboxylic acids is 1. The number of fused-ring (bicyclic) bond motifs is 1. The Morgan fingerprint density at radius 3 is 2.71 bits per heavy atom. The van der Waals surface area contributed by atoms with Crippen molar-refractivity contribution in [1.29, 1.82) is 0 Å². The molecule has 0 saturated carbocycles. The lowest BCUT2D eigenvalue weighted by Crippen LogP contribution is -2.53. The molecule has 2 atom stereocenters. The number of hydrogen-bond donors (Lipinski definition) is 1. The van der Waals surface area contributed by atoms with Crippen LogP contribution in [0.5, 0.6) is 11.5 Å². The van der Waals surface area contributed by atoms with Gasteiger partial charge in [-0.3, -0.25) is 4.79 Å². The molecule has 2 heterocycles. The summed E-state index contributed by atoms with van der Waals surface area (Å²) in [7, 11) is 1.53. The van der Waals surface area contributed by atoms with E-state index < -0.39 is 11.2 Å². The van der Waals surface area contributed by atoms with Crippen LogP contribution in [0.25, 0.3) is 0 Å². The van der Waals surface area contributed by atoms with Crippen molar-refractivity contribution in [2.75, 3.05) is 33.6 Å². The number of carbonyl (C=O) groups is 1. The number of ether oxygens (including phenoxy) is 4. The van der Waals surface area contributed by atoms with Gasteiger partial charge in [0.15, 0.2) is 11.5 Å². The lowest BCUT2D eigenvalue weighted by Gasteiger charge is -2.42. The van der Waals surface area contributed by atoms with Crippen LogP contribution >= 0.6 is 0 Å². The lowest BCUT2D eigenvalue weighted by molar-refractivity contribution is -0.0439. The Morgan fingerprint density at radius 1 is 1.23 bits per heavy atom. The summed E-state index contributed by atoms with van der Waals surface area (Å²) in [6.45, 7) is 4.68. The minimum Gasteiger partial charge on any atom is -0.493 e. The number of rotatable bonds is 6. The highest BCUT2D eigenvalue weighted by molar-refractivity contribution is 5.95. The topological polar surface area (TPSA) is 77.5 Å². The number of amides is 1. The number of aliphatic hydroxyl groups is 1. The van der Waals surface area contributed by atoms with Gasteiger partial charge in [-0.1, -0.05) is 30.3 Å². The van der Waals surface area contributed by atoms with E-state index in [-0.39, 0.29) is 25.4 Å². The third-order valence-electron chi connectivity index (χ3n) is 5.79. The van der Waals surface area contributed by atoms with Crippen molar-refractivity contribution in [2.24, 2.45) is 0 Å². The van der Waals surface area contributed by atoms with Crippen LogP contribution in [0.1, 0.15) is 36.2 Å². The van der Waals surface area contributed by atoms with Gasteiger partial charge >= 0.3 is 0 Å². The first-order valence-corrected chi connectivity index (χ1v) is 10.5. The molecule has 2 fully saturated rings. The summed E-state index contributed by atoms with van der Waals surface area (Å²) in [6.07, 6.45) is 0.445. The summed E-state index contributed by atoms with van der Waals surface area (Å²) in [6, 6.07) is 15.2. The van der Waals surface area contributed by atoms with Gasteiger partial charge in [-0.2, -0.15) is 0 Å². The van der Waals surface area contributed by atoms with E-state index in [0.717, 1.165) is 5.56 Å². The van der Waals surface area contributed by atoms with Gasteiger partial charge in [-0.15, -0.1) is 0 Å². The highest BCUT2D eigenvalue weighted by Crippen LogP contribution is 2.42. The van der Waals surface area contributed by atoms with Crippen molar-refractivity contribution in [3.05, 3.63) is 59.7 Å². The van der Waals surface area contributed by atoms with Crippen molar-refractivity contribution in [3.63, 3.8) is 0 Å². The normalized spacial score (nSPS) is 23.4. The smallest absolute Gasteiger partial charge is 0.254 e. The average Bonchev–Trinajstić information content (AvgIpc) is 3.21. The number of benzene rings is 2. The maximum atomic E-state index is 13.2. The Labute approximate surface area is 182 Å². The zero-order valence-electron chi connectivity index (χ0n) is 18.2. The van der Waals surface area contributed by atoms with Crippen LogP contribution in [0.3, 0.4) is 0 Å². The van der Waals surface area contributed by atoms with Crippen LogP contribution in [0.4, 0.5) is 0 Å². The molecule has 1 amide bonds. The van der Waals surface area contributed by atoms with Crippen molar-refractivity contribution in [2.45, 2.75) is 37.6 Å². The number of nitrogens with zero attached hydrogens (tertiary/aromatic N) is 1. The zero-order chi connectivity index (χ0) is 22.1. The fraction of sp³-hybridized carbons (Fsp3) is 0.458. The third kappa shape index (κ3) is 4.39. The van der Waals surface area contributed by atoms with Gasteiger partial charge in [0.2, 0.25) is 0 Å². The predicted molar refractivity (Wildman–Crippen MR) is 114 cm³/mol. The number of methoxy groups -OCH3 is 1. The zero-order valence-corrected chi connectivity index (χ0v) is 18.2. The molecule has 2 aromatic carbocycles. The van der Waals surface area contributed by atoms with Crippen molar-refractivity contribution in [1.82, 2.24) is 4.90 Å². The van der Waals surface area contributed by atoms with Gasteiger partial charge in [0.05, 0.1) is 19.3 Å². The van der Waals surface area contributed by atoms with Crippen molar-refractivity contribution < 1.29 is 28.8 Å². The number of hydrogen-bond acceptors (Lipinski definition) is 6. The molecule has 0 aromatic heterocycles. The van der Waals surface area contributed by atoms with E-state index in [9.17, 15) is 9.90 Å². The fourth-order valence-electron chi connectivity index (χ4n) is 4.15. The van der Waals surface area contributed by atoms with Crippen molar-refractivity contribution >= 4 is 5.91 Å². The third-order valence-corrected chi connectivity index (χ3v) is 5.79. The Kier molecular flexibility index (Phi) is 5.92. The molecule has 7 heteroatoms. The van der Waals surface area contributed by atoms with Crippen LogP contribution in [0.2, 0.25) is 0 Å². The van der Waals surface area contributed by atoms with E-state index in [2.05, 4.69) is 12.1 Å². The average molecular weight is 427 g/mol. The molecular weight excluding hydrogens is 398 g/mol. The molecule has 2 aromatic rings. The van der Waals surface area contributed by atoms with Crippen LogP contribution in [-0.2, 0) is 15.1 Å². The van der Waals surface area contributed by atoms with Gasteiger partial charge in [-0.05, 0) is 37.6 Å². The highest BCUT2D eigenvalue weighted by atomic mass is 16.7. The molecule has 0 spiro atoms. The first-order chi connectivity index (χ1) is 14.8. The molecule has 1 N–H and O–H groups in total. The summed E-state index contributed by atoms with van der Waals surface area (Å²) in [5, 5.41) is 9.88. The number of piperidine rings is 1. The molecule has 2 aliphatic rings. The van der Waals surface area contributed by atoms with Gasteiger partial charge < -0.3 is 29.0 Å². The predicted octanol–water partition coefficient (Wildman–Crippen LogP) is 2.96. The molecule has 4 rings (SSSR count). The monoisotopic (exact) mass is 427 g/mol. The van der Waals surface area contributed by atoms with Crippen LogP contribution in [0, 0.1) is 0 Å². The van der Waals surface area contributed by atoms with Crippen LogP contribution in [-0.4, -0.2) is 61.2 Å². The minimum absolute atomic E-state index is 0.0931. The minimum atomic E-state index is -0.970. The largest absolute Gasteiger partial charge is 0.493 e. The van der Waals surface area contributed by atoms with Gasteiger partial charge in [0.25, 0.3) is 5.91 Å². The van der Waals surface area contributed by atoms with Crippen LogP contribution in [0.15, 0.2) is 48.5 Å². The summed E-state index contributed by atoms with van der Waals surface area (Å²) in [5.74, 6) is 0.839. The van der Waals surface area contributed by atoms with E-state index in [1.165, 1.54) is 7.11 Å². The van der Waals surface area contributed by atoms with Crippen molar-refractivity contribution in [3.8, 4) is 11.5 Å².